The topological polar surface area (TPSA) is 34.1 Å². The minimum absolute atomic E-state index is 0.170. The van der Waals surface area contributed by atoms with Crippen LogP contribution in [-0.4, -0.2) is 12.1 Å². The van der Waals surface area contributed by atoms with Crippen molar-refractivity contribution < 1.29 is 9.59 Å². The van der Waals surface area contributed by atoms with Crippen LogP contribution in [0.2, 0.25) is 0 Å². The number of carbonyl (C=O) groups is 2. The second-order valence-electron chi connectivity index (χ2n) is 3.70. The number of rotatable bonds is 3. The lowest BCUT2D eigenvalue weighted by Gasteiger charge is -2.24. The monoisotopic (exact) mass is 168 g/mol. The number of carbonyl (C=O) groups excluding carboxylic acids is 2. The molecule has 0 radical (unpaired) electrons. The Hall–Kier alpha value is -0.660. The molecule has 1 aliphatic carbocycles. The van der Waals surface area contributed by atoms with Crippen molar-refractivity contribution in [1.29, 1.82) is 0 Å². The molecule has 0 bridgehead atoms. The van der Waals surface area contributed by atoms with Crippen LogP contribution in [0.25, 0.3) is 0 Å². The molecule has 68 valence electrons. The summed E-state index contributed by atoms with van der Waals surface area (Å²) in [5.41, 5.74) is 0. The number of hydrogen-bond donors (Lipinski definition) is 0. The van der Waals surface area contributed by atoms with E-state index in [-0.39, 0.29) is 11.8 Å². The molecule has 0 saturated heterocycles. The van der Waals surface area contributed by atoms with Crippen LogP contribution in [0.15, 0.2) is 0 Å². The maximum Gasteiger partial charge on any atom is 0.136 e. The largest absolute Gasteiger partial charge is 0.303 e. The Morgan fingerprint density at radius 1 is 1.58 bits per heavy atom. The zero-order valence-corrected chi connectivity index (χ0v) is 7.58. The highest BCUT2D eigenvalue weighted by Gasteiger charge is 2.26. The zero-order chi connectivity index (χ0) is 8.97. The van der Waals surface area contributed by atoms with Crippen LogP contribution in [0.3, 0.4) is 0 Å². The third-order valence-corrected chi connectivity index (χ3v) is 2.76. The summed E-state index contributed by atoms with van der Waals surface area (Å²) in [5.74, 6) is 0.801. The van der Waals surface area contributed by atoms with Gasteiger partial charge in [-0.3, -0.25) is 4.79 Å². The Morgan fingerprint density at radius 3 is 2.92 bits per heavy atom. The van der Waals surface area contributed by atoms with Crippen LogP contribution in [0.5, 0.6) is 0 Å². The normalized spacial score (nSPS) is 26.8. The van der Waals surface area contributed by atoms with Gasteiger partial charge in [0.25, 0.3) is 0 Å². The lowest BCUT2D eigenvalue weighted by Crippen LogP contribution is -2.25. The van der Waals surface area contributed by atoms with E-state index in [1.54, 1.807) is 0 Å². The van der Waals surface area contributed by atoms with E-state index in [1.807, 2.05) is 6.92 Å². The van der Waals surface area contributed by atoms with Crippen molar-refractivity contribution in [3.8, 4) is 0 Å². The van der Waals surface area contributed by atoms with Crippen LogP contribution < -0.4 is 0 Å². The Morgan fingerprint density at radius 2 is 2.33 bits per heavy atom. The van der Waals surface area contributed by atoms with Crippen molar-refractivity contribution in [1.82, 2.24) is 0 Å². The molecule has 0 N–H and O–H groups in total. The third-order valence-electron chi connectivity index (χ3n) is 2.76. The van der Waals surface area contributed by atoms with E-state index >= 15 is 0 Å². The molecule has 1 rings (SSSR count). The molecule has 1 aliphatic rings. The molecular formula is C10H16O2. The predicted molar refractivity (Wildman–Crippen MR) is 46.8 cm³/mol. The van der Waals surface area contributed by atoms with E-state index in [9.17, 15) is 9.59 Å². The average Bonchev–Trinajstić information content (AvgIpc) is 2.05. The minimum atomic E-state index is 0.170. The zero-order valence-electron chi connectivity index (χ0n) is 7.58. The molecule has 1 saturated carbocycles. The van der Waals surface area contributed by atoms with Gasteiger partial charge in [-0.1, -0.05) is 13.3 Å². The Bertz CT molecular complexity index is 175. The highest BCUT2D eigenvalue weighted by Crippen LogP contribution is 2.28. The van der Waals surface area contributed by atoms with Crippen LogP contribution in [0.4, 0.5) is 0 Å². The molecule has 0 amide bonds. The summed E-state index contributed by atoms with van der Waals surface area (Å²) >= 11 is 0. The van der Waals surface area contributed by atoms with E-state index in [2.05, 4.69) is 0 Å². The van der Waals surface area contributed by atoms with Gasteiger partial charge < -0.3 is 4.79 Å². The molecule has 2 unspecified atom stereocenters. The average molecular weight is 168 g/mol. The molecule has 1 fully saturated rings. The first kappa shape index (κ1) is 9.43. The molecule has 0 aliphatic heterocycles. The third kappa shape index (κ3) is 2.16. The molecule has 0 aromatic carbocycles. The summed E-state index contributed by atoms with van der Waals surface area (Å²) in [6.45, 7) is 2.00. The summed E-state index contributed by atoms with van der Waals surface area (Å²) in [6, 6.07) is 0. The molecule has 2 heteroatoms. The summed E-state index contributed by atoms with van der Waals surface area (Å²) in [6.07, 6.45) is 5.38. The number of hydrogen-bond acceptors (Lipinski definition) is 2. The van der Waals surface area contributed by atoms with Gasteiger partial charge in [-0.05, 0) is 18.8 Å². The fourth-order valence-corrected chi connectivity index (χ4v) is 1.93. The molecule has 2 nitrogen and oxygen atoms in total. The highest BCUT2D eigenvalue weighted by molar-refractivity contribution is 5.82. The predicted octanol–water partition coefficient (Wildman–Crippen LogP) is 1.97. The highest BCUT2D eigenvalue weighted by atomic mass is 16.1. The quantitative estimate of drug-likeness (QED) is 0.604. The lowest BCUT2D eigenvalue weighted by molar-refractivity contribution is -0.126. The maximum atomic E-state index is 11.4. The Labute approximate surface area is 73.3 Å². The van der Waals surface area contributed by atoms with Crippen molar-refractivity contribution in [2.24, 2.45) is 11.8 Å². The second kappa shape index (κ2) is 4.39. The second-order valence-corrected chi connectivity index (χ2v) is 3.70. The van der Waals surface area contributed by atoms with E-state index in [4.69, 9.17) is 0 Å². The van der Waals surface area contributed by atoms with Crippen molar-refractivity contribution >= 4 is 12.1 Å². The SMILES string of the molecule is CC(CC=O)C1CCCCC1=O. The minimum Gasteiger partial charge on any atom is -0.303 e. The first-order chi connectivity index (χ1) is 5.75. The standard InChI is InChI=1S/C10H16O2/c1-8(6-7-11)9-4-2-3-5-10(9)12/h7-9H,2-6H2,1H3. The summed E-state index contributed by atoms with van der Waals surface area (Å²) < 4.78 is 0. The summed E-state index contributed by atoms with van der Waals surface area (Å²) in [5, 5.41) is 0. The van der Waals surface area contributed by atoms with Crippen molar-refractivity contribution in [2.75, 3.05) is 0 Å². The number of Topliss-reactive ketones (excluding diaryl/α,β-unsaturated/α-hetero) is 1. The molecule has 2 atom stereocenters. The van der Waals surface area contributed by atoms with Crippen molar-refractivity contribution in [2.45, 2.75) is 39.0 Å². The maximum absolute atomic E-state index is 11.4. The van der Waals surface area contributed by atoms with Gasteiger partial charge in [-0.15, -0.1) is 0 Å². The first-order valence-corrected chi connectivity index (χ1v) is 4.72. The van der Waals surface area contributed by atoms with E-state index < -0.39 is 0 Å². The molecular weight excluding hydrogens is 152 g/mol. The van der Waals surface area contributed by atoms with Crippen molar-refractivity contribution in [3.05, 3.63) is 0 Å². The van der Waals surface area contributed by atoms with Gasteiger partial charge in [-0.2, -0.15) is 0 Å². The van der Waals surface area contributed by atoms with Crippen LogP contribution in [0, 0.1) is 11.8 Å². The molecule has 0 spiro atoms. The van der Waals surface area contributed by atoms with Gasteiger partial charge in [0.05, 0.1) is 0 Å². The summed E-state index contributed by atoms with van der Waals surface area (Å²) in [4.78, 5) is 21.6. The van der Waals surface area contributed by atoms with Gasteiger partial charge in [0.2, 0.25) is 0 Å². The van der Waals surface area contributed by atoms with Gasteiger partial charge in [0, 0.05) is 18.8 Å². The first-order valence-electron chi connectivity index (χ1n) is 4.72. The van der Waals surface area contributed by atoms with Gasteiger partial charge >= 0.3 is 0 Å². The van der Waals surface area contributed by atoms with Gasteiger partial charge in [-0.25, -0.2) is 0 Å². The molecule has 0 heterocycles. The fraction of sp³-hybridized carbons (Fsp3) is 0.800. The molecule has 0 aromatic heterocycles. The van der Waals surface area contributed by atoms with Crippen LogP contribution in [0.1, 0.15) is 39.0 Å². The number of ketones is 1. The smallest absolute Gasteiger partial charge is 0.136 e. The lowest BCUT2D eigenvalue weighted by atomic mass is 9.79. The van der Waals surface area contributed by atoms with E-state index in [1.165, 1.54) is 0 Å². The van der Waals surface area contributed by atoms with Crippen LogP contribution in [-0.2, 0) is 9.59 Å². The van der Waals surface area contributed by atoms with Gasteiger partial charge in [0.15, 0.2) is 0 Å². The van der Waals surface area contributed by atoms with E-state index in [0.29, 0.717) is 12.2 Å². The Kier molecular flexibility index (Phi) is 3.45. The number of aldehydes is 1. The fourth-order valence-electron chi connectivity index (χ4n) is 1.93. The van der Waals surface area contributed by atoms with Gasteiger partial charge in [0.1, 0.15) is 12.1 Å². The Balaban J connectivity index is 2.47. The van der Waals surface area contributed by atoms with E-state index in [0.717, 1.165) is 32.0 Å². The van der Waals surface area contributed by atoms with Crippen LogP contribution >= 0.6 is 0 Å². The molecule has 12 heavy (non-hydrogen) atoms. The van der Waals surface area contributed by atoms with Crippen molar-refractivity contribution in [3.63, 3.8) is 0 Å². The molecule has 0 aromatic rings. The summed E-state index contributed by atoms with van der Waals surface area (Å²) in [7, 11) is 0.